The van der Waals surface area contributed by atoms with Gasteiger partial charge in [0.2, 0.25) is 0 Å². The highest BCUT2D eigenvalue weighted by molar-refractivity contribution is 6.11. The van der Waals surface area contributed by atoms with Crippen molar-refractivity contribution >= 4 is 26.5 Å². The number of hydrogen-bond acceptors (Lipinski definition) is 1. The van der Waals surface area contributed by atoms with Crippen LogP contribution in [0.15, 0.2) is 0 Å². The molecule has 0 aromatic rings. The number of carbonyl (C=O) groups is 1. The average Bonchev–Trinajstić information content (AvgIpc) is 2.05. The van der Waals surface area contributed by atoms with Crippen LogP contribution in [-0.4, -0.2) is 61.7 Å². The van der Waals surface area contributed by atoms with E-state index in [-0.39, 0.29) is 6.03 Å². The first-order chi connectivity index (χ1) is 5.29. The highest BCUT2D eigenvalue weighted by Crippen LogP contribution is 2.06. The van der Waals surface area contributed by atoms with Crippen LogP contribution in [-0.2, 0) is 0 Å². The van der Waals surface area contributed by atoms with Crippen LogP contribution in [0, 0.1) is 0 Å². The molecular formula is C6H10N2OSi2. The quantitative estimate of drug-likeness (QED) is 0.521. The molecule has 0 atom stereocenters. The molecule has 1 heterocycles. The molecule has 0 aromatic heterocycles. The molecule has 0 N–H and O–H groups in total. The summed E-state index contributed by atoms with van der Waals surface area (Å²) >= 11 is 0. The van der Waals surface area contributed by atoms with Gasteiger partial charge >= 0.3 is 6.03 Å². The monoisotopic (exact) mass is 182 g/mol. The minimum Gasteiger partial charge on any atom is -0.328 e. The Bertz CT molecular complexity index is 140. The van der Waals surface area contributed by atoms with Gasteiger partial charge in [-0.25, -0.2) is 4.79 Å². The smallest absolute Gasteiger partial charge is 0.319 e. The third-order valence-corrected chi connectivity index (χ3v) is 2.54. The first-order valence-electron chi connectivity index (χ1n) is 3.62. The van der Waals surface area contributed by atoms with Gasteiger partial charge in [0.25, 0.3) is 0 Å². The van der Waals surface area contributed by atoms with Crippen molar-refractivity contribution in [3.8, 4) is 0 Å². The Hall–Kier alpha value is -0.296. The maximum atomic E-state index is 11.4. The van der Waals surface area contributed by atoms with Gasteiger partial charge in [0.1, 0.15) is 0 Å². The fourth-order valence-electron chi connectivity index (χ4n) is 1.14. The van der Waals surface area contributed by atoms with Gasteiger partial charge in [0, 0.05) is 25.4 Å². The Labute approximate surface area is 73.6 Å². The number of nitrogens with zero attached hydrogens (tertiary/aromatic N) is 2. The van der Waals surface area contributed by atoms with E-state index in [4.69, 9.17) is 0 Å². The zero-order chi connectivity index (χ0) is 8.27. The van der Waals surface area contributed by atoms with Crippen LogP contribution in [0.25, 0.3) is 0 Å². The number of carbonyl (C=O) groups excluding carboxylic acids is 1. The minimum absolute atomic E-state index is 0.112. The average molecular weight is 182 g/mol. The molecule has 0 unspecified atom stereocenters. The second-order valence-corrected chi connectivity index (χ2v) is 3.11. The van der Waals surface area contributed by atoms with Crippen LogP contribution < -0.4 is 0 Å². The molecule has 1 aliphatic rings. The minimum atomic E-state index is 0.112. The summed E-state index contributed by atoms with van der Waals surface area (Å²) in [7, 11) is 6.63. The van der Waals surface area contributed by atoms with Crippen molar-refractivity contribution in [2.24, 2.45) is 0 Å². The fourth-order valence-corrected chi connectivity index (χ4v) is 1.72. The first-order valence-corrected chi connectivity index (χ1v) is 5.04. The molecule has 11 heavy (non-hydrogen) atoms. The molecule has 1 saturated heterocycles. The van der Waals surface area contributed by atoms with Crippen LogP contribution >= 0.6 is 0 Å². The third kappa shape index (κ3) is 1.84. The third-order valence-electron chi connectivity index (χ3n) is 1.78. The molecule has 2 amide bonds. The van der Waals surface area contributed by atoms with Crippen molar-refractivity contribution in [3.63, 3.8) is 0 Å². The molecule has 5 heteroatoms. The van der Waals surface area contributed by atoms with E-state index >= 15 is 0 Å². The van der Waals surface area contributed by atoms with Gasteiger partial charge in [0.15, 0.2) is 0 Å². The van der Waals surface area contributed by atoms with E-state index in [1.807, 2.05) is 0 Å². The molecule has 0 bridgehead atoms. The van der Waals surface area contributed by atoms with Gasteiger partial charge in [-0.1, -0.05) is 0 Å². The first kappa shape index (κ1) is 8.80. The molecule has 1 fully saturated rings. The predicted molar refractivity (Wildman–Crippen MR) is 44.7 cm³/mol. The molecule has 0 spiro atoms. The Morgan fingerprint density at radius 1 is 1.18 bits per heavy atom. The van der Waals surface area contributed by atoms with Crippen LogP contribution in [0.2, 0.25) is 0 Å². The number of hydrogen-bond donors (Lipinski definition) is 0. The van der Waals surface area contributed by atoms with Gasteiger partial charge < -0.3 is 9.80 Å². The molecule has 0 aromatic carbocycles. The van der Waals surface area contributed by atoms with E-state index < -0.39 is 0 Å². The van der Waals surface area contributed by atoms with E-state index in [1.165, 1.54) is 0 Å². The Morgan fingerprint density at radius 2 is 1.64 bits per heavy atom. The van der Waals surface area contributed by atoms with E-state index in [0.717, 1.165) is 19.5 Å². The summed E-state index contributed by atoms with van der Waals surface area (Å²) in [5.41, 5.74) is 0. The lowest BCUT2D eigenvalue weighted by Crippen LogP contribution is -2.49. The Kier molecular flexibility index (Phi) is 3.13. The number of urea groups is 1. The molecule has 6 radical (unpaired) electrons. The summed E-state index contributed by atoms with van der Waals surface area (Å²) in [4.78, 5) is 14.9. The van der Waals surface area contributed by atoms with Crippen molar-refractivity contribution in [1.82, 2.24) is 9.80 Å². The van der Waals surface area contributed by atoms with Gasteiger partial charge in [0.05, 0.1) is 20.5 Å². The molecule has 0 aliphatic carbocycles. The molecule has 1 aliphatic heterocycles. The van der Waals surface area contributed by atoms with Gasteiger partial charge in [-0.15, -0.1) is 0 Å². The van der Waals surface area contributed by atoms with Gasteiger partial charge in [-0.3, -0.25) is 0 Å². The Morgan fingerprint density at radius 3 is 2.00 bits per heavy atom. The van der Waals surface area contributed by atoms with E-state index in [2.05, 4.69) is 20.5 Å². The number of amides is 2. The number of rotatable bonds is 2. The molecule has 58 valence electrons. The van der Waals surface area contributed by atoms with Crippen LogP contribution in [0.4, 0.5) is 4.79 Å². The zero-order valence-corrected chi connectivity index (χ0v) is 8.34. The SMILES string of the molecule is O=C1N(C[Si])CCCN1C[Si]. The topological polar surface area (TPSA) is 23.6 Å². The summed E-state index contributed by atoms with van der Waals surface area (Å²) in [5, 5.41) is 0. The Balaban J connectivity index is 2.52. The summed E-state index contributed by atoms with van der Waals surface area (Å²) in [5.74, 6) is 0. The second-order valence-electron chi connectivity index (χ2n) is 2.48. The summed E-state index contributed by atoms with van der Waals surface area (Å²) in [6, 6.07) is 0.112. The lowest BCUT2D eigenvalue weighted by molar-refractivity contribution is 0.147. The zero-order valence-electron chi connectivity index (χ0n) is 6.34. The van der Waals surface area contributed by atoms with Crippen LogP contribution in [0.3, 0.4) is 0 Å². The molecular weight excluding hydrogens is 172 g/mol. The lowest BCUT2D eigenvalue weighted by Gasteiger charge is -2.34. The van der Waals surface area contributed by atoms with Crippen LogP contribution in [0.5, 0.6) is 0 Å². The molecule has 1 rings (SSSR count). The van der Waals surface area contributed by atoms with Crippen LogP contribution in [0.1, 0.15) is 6.42 Å². The van der Waals surface area contributed by atoms with Crippen molar-refractivity contribution in [3.05, 3.63) is 0 Å². The molecule has 3 nitrogen and oxygen atoms in total. The summed E-state index contributed by atoms with van der Waals surface area (Å²) < 4.78 is 0. The maximum Gasteiger partial charge on any atom is 0.319 e. The van der Waals surface area contributed by atoms with E-state index in [9.17, 15) is 4.79 Å². The van der Waals surface area contributed by atoms with Crippen molar-refractivity contribution < 1.29 is 4.79 Å². The highest BCUT2D eigenvalue weighted by Gasteiger charge is 2.22. The van der Waals surface area contributed by atoms with Crippen molar-refractivity contribution in [2.75, 3.05) is 25.4 Å². The van der Waals surface area contributed by atoms with Gasteiger partial charge in [-0.2, -0.15) is 0 Å². The van der Waals surface area contributed by atoms with Crippen molar-refractivity contribution in [2.45, 2.75) is 6.42 Å². The van der Waals surface area contributed by atoms with Gasteiger partial charge in [-0.05, 0) is 6.42 Å². The van der Waals surface area contributed by atoms with Crippen molar-refractivity contribution in [1.29, 1.82) is 0 Å². The molecule has 0 saturated carbocycles. The predicted octanol–water partition coefficient (Wildman–Crippen LogP) is -0.634. The standard InChI is InChI=1S/C6H10N2OSi2/c9-6-7(4-10)2-1-3-8(6)5-11/h1-5H2. The second kappa shape index (κ2) is 3.91. The van der Waals surface area contributed by atoms with E-state index in [1.54, 1.807) is 9.80 Å². The highest BCUT2D eigenvalue weighted by atomic mass is 28.1. The normalized spacial score (nSPS) is 19.3. The maximum absolute atomic E-state index is 11.4. The van der Waals surface area contributed by atoms with E-state index in [0.29, 0.717) is 12.3 Å². The summed E-state index contributed by atoms with van der Waals surface area (Å²) in [6.45, 7) is 1.73. The largest absolute Gasteiger partial charge is 0.328 e. The lowest BCUT2D eigenvalue weighted by atomic mass is 10.3. The fraction of sp³-hybridized carbons (Fsp3) is 0.833. The summed E-state index contributed by atoms with van der Waals surface area (Å²) in [6.07, 6.45) is 2.31.